The molecule has 0 amide bonds. The standard InChI is InChI=1S/C37H26ClFN6O3.C24H16Cl2FN5O3/c38-33-31(17-18-40-37(33)43-34(24-7-3-1-4-8-24)25-9-5-2-6-10-25)48-28-20-41-32(42-21-28)19-30(46)35-36(47)29(22-45(44-35)27-15-16-27)23-11-13-26(39)14-12-23;25-21-19(7-8-28-24(21)26)35-16-10-29-20(30-11-16)9-18(33)22-23(34)17(12-32(31-22)15-5-6-15)13-1-3-14(27)4-2-13/h1-14,17-18,20-22,27H,15-16,19H2;1-4,7-8,10-12,15H,5-6,9H2. The number of aromatic nitrogens is 10. The molecule has 4 aromatic carbocycles. The fourth-order valence-corrected chi connectivity index (χ4v) is 8.93. The summed E-state index contributed by atoms with van der Waals surface area (Å²) in [5, 5.41) is 9.08. The quantitative estimate of drug-likeness (QED) is 0.0471. The minimum Gasteiger partial charge on any atom is -0.452 e. The summed E-state index contributed by atoms with van der Waals surface area (Å²) in [6, 6.07) is 33.9. The van der Waals surface area contributed by atoms with Crippen molar-refractivity contribution in [2.45, 2.75) is 50.6 Å². The number of halogens is 5. The molecule has 0 unspecified atom stereocenters. The zero-order valence-electron chi connectivity index (χ0n) is 43.3. The first-order valence-electron chi connectivity index (χ1n) is 25.8. The summed E-state index contributed by atoms with van der Waals surface area (Å²) in [4.78, 5) is 82.8. The van der Waals surface area contributed by atoms with Gasteiger partial charge in [0.2, 0.25) is 10.9 Å². The molecular formula is C61H42Cl3F2N11O6. The second-order valence-electron chi connectivity index (χ2n) is 19.0. The minimum absolute atomic E-state index is 0.0968. The van der Waals surface area contributed by atoms with Crippen molar-refractivity contribution >= 4 is 57.9 Å². The zero-order chi connectivity index (χ0) is 57.6. The lowest BCUT2D eigenvalue weighted by Crippen LogP contribution is -2.25. The van der Waals surface area contributed by atoms with Crippen LogP contribution >= 0.6 is 34.8 Å². The van der Waals surface area contributed by atoms with E-state index in [0.29, 0.717) is 22.6 Å². The van der Waals surface area contributed by atoms with E-state index in [9.17, 15) is 28.0 Å². The summed E-state index contributed by atoms with van der Waals surface area (Å²) >= 11 is 18.7. The molecule has 2 saturated carbocycles. The van der Waals surface area contributed by atoms with Crippen LogP contribution in [-0.4, -0.2) is 66.7 Å². The van der Waals surface area contributed by atoms with Gasteiger partial charge in [-0.25, -0.2) is 43.7 Å². The van der Waals surface area contributed by atoms with E-state index in [1.165, 1.54) is 85.6 Å². The predicted molar refractivity (Wildman–Crippen MR) is 306 cm³/mol. The van der Waals surface area contributed by atoms with Gasteiger partial charge in [0, 0.05) is 59.2 Å². The number of nitrogens with zero attached hydrogens (tertiary/aromatic N) is 11. The van der Waals surface area contributed by atoms with Crippen molar-refractivity contribution in [3.05, 3.63) is 252 Å². The number of aliphatic imine (C=N–C) groups is 1. The normalized spacial score (nSPS) is 12.6. The molecule has 0 radical (unpaired) electrons. The third kappa shape index (κ3) is 13.3. The number of Topliss-reactive ketones (excluding diaryl/α,β-unsaturated/α-hetero) is 2. The molecule has 0 aliphatic heterocycles. The Morgan fingerprint density at radius 3 is 1.36 bits per heavy atom. The molecule has 0 N–H and O–H groups in total. The van der Waals surface area contributed by atoms with Gasteiger partial charge < -0.3 is 9.47 Å². The van der Waals surface area contributed by atoms with Gasteiger partial charge in [0.15, 0.2) is 56.9 Å². The van der Waals surface area contributed by atoms with E-state index >= 15 is 0 Å². The second-order valence-corrected chi connectivity index (χ2v) is 20.1. The number of ketones is 2. The third-order valence-corrected chi connectivity index (χ3v) is 14.1. The van der Waals surface area contributed by atoms with Crippen molar-refractivity contribution in [3.8, 4) is 45.3 Å². The van der Waals surface area contributed by atoms with Crippen LogP contribution in [0.4, 0.5) is 14.6 Å². The molecule has 2 aliphatic carbocycles. The Morgan fingerprint density at radius 2 is 0.940 bits per heavy atom. The van der Waals surface area contributed by atoms with Crippen LogP contribution in [0.1, 0.15) is 81.5 Å². The number of pyridine rings is 2. The van der Waals surface area contributed by atoms with E-state index in [4.69, 9.17) is 49.3 Å². The number of rotatable bonds is 17. The molecular weight excluding hydrogens is 1130 g/mol. The van der Waals surface area contributed by atoms with Crippen LogP contribution in [0.2, 0.25) is 15.2 Å². The molecule has 6 heterocycles. The van der Waals surface area contributed by atoms with Crippen molar-refractivity contribution in [2.24, 2.45) is 4.99 Å². The van der Waals surface area contributed by atoms with Gasteiger partial charge in [-0.15, -0.1) is 0 Å². The van der Waals surface area contributed by atoms with Gasteiger partial charge in [0.1, 0.15) is 33.3 Å². The van der Waals surface area contributed by atoms with E-state index in [1.54, 1.807) is 34.0 Å². The molecule has 412 valence electrons. The van der Waals surface area contributed by atoms with Crippen LogP contribution < -0.4 is 20.3 Å². The van der Waals surface area contributed by atoms with E-state index in [0.717, 1.165) is 36.8 Å². The molecule has 6 aromatic heterocycles. The van der Waals surface area contributed by atoms with Gasteiger partial charge in [0.25, 0.3) is 0 Å². The summed E-state index contributed by atoms with van der Waals surface area (Å²) in [5.74, 6) is -0.129. The number of ether oxygens (including phenoxy) is 2. The van der Waals surface area contributed by atoms with Gasteiger partial charge in [-0.2, -0.15) is 10.2 Å². The largest absolute Gasteiger partial charge is 0.452 e. The summed E-state index contributed by atoms with van der Waals surface area (Å²) < 4.78 is 41.8. The predicted octanol–water partition coefficient (Wildman–Crippen LogP) is 12.7. The van der Waals surface area contributed by atoms with E-state index < -0.39 is 34.1 Å². The minimum atomic E-state index is -0.531. The molecule has 22 heteroatoms. The fourth-order valence-electron chi connectivity index (χ4n) is 8.43. The van der Waals surface area contributed by atoms with Crippen molar-refractivity contribution in [1.29, 1.82) is 0 Å². The first-order chi connectivity index (χ1) is 40.3. The van der Waals surface area contributed by atoms with Gasteiger partial charge in [-0.1, -0.05) is 120 Å². The highest BCUT2D eigenvalue weighted by molar-refractivity contribution is 6.42. The molecule has 0 bridgehead atoms. The Hall–Kier alpha value is -9.56. The maximum Gasteiger partial charge on any atom is 0.219 e. The van der Waals surface area contributed by atoms with E-state index in [2.05, 4.69) is 40.1 Å². The molecule has 2 fully saturated rings. The van der Waals surface area contributed by atoms with Crippen molar-refractivity contribution in [2.75, 3.05) is 0 Å². The number of hydrogen-bond acceptors (Lipinski definition) is 15. The summed E-state index contributed by atoms with van der Waals surface area (Å²) in [6.07, 6.45) is 14.9. The van der Waals surface area contributed by atoms with E-state index in [-0.39, 0.29) is 97.4 Å². The van der Waals surface area contributed by atoms with Crippen LogP contribution in [0, 0.1) is 11.6 Å². The van der Waals surface area contributed by atoms with Crippen LogP contribution in [0.5, 0.6) is 23.0 Å². The van der Waals surface area contributed by atoms with Crippen LogP contribution in [0.15, 0.2) is 185 Å². The van der Waals surface area contributed by atoms with Gasteiger partial charge in [0.05, 0.1) is 55.4 Å². The number of carbonyl (C=O) groups is 2. The van der Waals surface area contributed by atoms with Gasteiger partial charge in [-0.3, -0.25) is 28.5 Å². The van der Waals surface area contributed by atoms with Crippen LogP contribution in [0.3, 0.4) is 0 Å². The molecule has 0 atom stereocenters. The zero-order valence-corrected chi connectivity index (χ0v) is 45.6. The SMILES string of the molecule is O=C(Cc1ncc(Oc2ccnc(Cl)c2Cl)cn1)c1nn(C2CC2)cc(-c2ccc(F)cc2)c1=O.O=C(Cc1ncc(Oc2ccnc(N=C(c3ccccc3)c3ccccc3)c2Cl)cn1)c1nn(C2CC2)cc(-c2ccc(F)cc2)c1=O. The monoisotopic (exact) mass is 1170 g/mol. The highest BCUT2D eigenvalue weighted by Gasteiger charge is 2.29. The summed E-state index contributed by atoms with van der Waals surface area (Å²) in [6.45, 7) is 0. The van der Waals surface area contributed by atoms with Crippen molar-refractivity contribution in [3.63, 3.8) is 0 Å². The maximum atomic E-state index is 13.5. The third-order valence-electron chi connectivity index (χ3n) is 13.0. The van der Waals surface area contributed by atoms with Crippen LogP contribution in [-0.2, 0) is 12.8 Å². The van der Waals surface area contributed by atoms with Crippen molar-refractivity contribution < 1.29 is 27.8 Å². The molecule has 83 heavy (non-hydrogen) atoms. The molecule has 17 nitrogen and oxygen atoms in total. The smallest absolute Gasteiger partial charge is 0.219 e. The number of benzene rings is 4. The Balaban J connectivity index is 0.000000183. The van der Waals surface area contributed by atoms with Gasteiger partial charge >= 0.3 is 0 Å². The topological polar surface area (TPSA) is 212 Å². The highest BCUT2D eigenvalue weighted by Crippen LogP contribution is 2.38. The average molecular weight is 1170 g/mol. The Morgan fingerprint density at radius 1 is 0.530 bits per heavy atom. The lowest BCUT2D eigenvalue weighted by atomic mass is 10.0. The first-order valence-corrected chi connectivity index (χ1v) is 26.9. The van der Waals surface area contributed by atoms with Gasteiger partial charge in [-0.05, 0) is 61.1 Å². The fraction of sp³-hybridized carbons (Fsp3) is 0.131. The van der Waals surface area contributed by atoms with Crippen molar-refractivity contribution in [1.82, 2.24) is 49.5 Å². The van der Waals surface area contributed by atoms with E-state index in [1.807, 2.05) is 60.7 Å². The lowest BCUT2D eigenvalue weighted by molar-refractivity contribution is 0.0974. The number of hydrogen-bond donors (Lipinski definition) is 0. The Kier molecular flexibility index (Phi) is 16.4. The molecule has 0 spiro atoms. The average Bonchev–Trinajstić information content (AvgIpc) is 4.66. The Labute approximate surface area is 486 Å². The number of carbonyl (C=O) groups excluding carboxylic acids is 2. The molecule has 10 aromatic rings. The molecule has 2 aliphatic rings. The first kappa shape index (κ1) is 55.4. The summed E-state index contributed by atoms with van der Waals surface area (Å²) in [5.41, 5.74) is 2.59. The molecule has 0 saturated heterocycles. The highest BCUT2D eigenvalue weighted by atomic mass is 35.5. The second kappa shape index (κ2) is 24.7. The molecule has 12 rings (SSSR count). The lowest BCUT2D eigenvalue weighted by Gasteiger charge is -2.11. The summed E-state index contributed by atoms with van der Waals surface area (Å²) in [7, 11) is 0. The Bertz CT molecular complexity index is 4150. The van der Waals surface area contributed by atoms with Crippen LogP contribution in [0.25, 0.3) is 22.3 Å². The maximum absolute atomic E-state index is 13.5.